The van der Waals surface area contributed by atoms with Crippen LogP contribution in [0.4, 0.5) is 5.82 Å². The lowest BCUT2D eigenvalue weighted by atomic mass is 10.3. The molecule has 1 saturated heterocycles. The van der Waals surface area contributed by atoms with Gasteiger partial charge in [-0.1, -0.05) is 26.8 Å². The van der Waals surface area contributed by atoms with Gasteiger partial charge in [0, 0.05) is 36.7 Å². The van der Waals surface area contributed by atoms with Crippen molar-refractivity contribution in [2.24, 2.45) is 0 Å². The fourth-order valence-electron chi connectivity index (χ4n) is 2.08. The zero-order valence-electron chi connectivity index (χ0n) is 11.5. The van der Waals surface area contributed by atoms with E-state index in [1.54, 1.807) is 0 Å². The Kier molecular flexibility index (Phi) is 4.89. The maximum absolute atomic E-state index is 4.76. The summed E-state index contributed by atoms with van der Waals surface area (Å²) in [6.07, 6.45) is 0. The number of pyridine rings is 1. The Morgan fingerprint density at radius 3 is 3.06 bits per heavy atom. The normalized spacial score (nSPS) is 20.4. The van der Waals surface area contributed by atoms with E-state index in [0.717, 1.165) is 31.1 Å². The lowest BCUT2D eigenvalue weighted by Gasteiger charge is -2.31. The third kappa shape index (κ3) is 3.89. The number of hydrogen-bond donors (Lipinski definition) is 1. The minimum Gasteiger partial charge on any atom is -0.355 e. The Morgan fingerprint density at radius 2 is 2.33 bits per heavy atom. The maximum Gasteiger partial charge on any atom is 0.128 e. The Bertz CT molecular complexity index is 381. The summed E-state index contributed by atoms with van der Waals surface area (Å²) >= 11 is 2.05. The van der Waals surface area contributed by atoms with Crippen LogP contribution in [0.1, 0.15) is 26.5 Å². The van der Waals surface area contributed by atoms with Gasteiger partial charge in [-0.2, -0.15) is 11.8 Å². The molecule has 2 heterocycles. The quantitative estimate of drug-likeness (QED) is 0.905. The lowest BCUT2D eigenvalue weighted by molar-refractivity contribution is 0.581. The number of hydrogen-bond acceptors (Lipinski definition) is 4. The molecular formula is C14H23N3S. The van der Waals surface area contributed by atoms with Gasteiger partial charge in [-0.15, -0.1) is 0 Å². The van der Waals surface area contributed by atoms with Crippen LogP contribution in [0.15, 0.2) is 18.2 Å². The molecule has 0 radical (unpaired) electrons. The number of rotatable bonds is 4. The van der Waals surface area contributed by atoms with Crippen LogP contribution in [0, 0.1) is 0 Å². The van der Waals surface area contributed by atoms with Gasteiger partial charge in [-0.25, -0.2) is 4.98 Å². The minimum absolute atomic E-state index is 0.502. The summed E-state index contributed by atoms with van der Waals surface area (Å²) in [5.41, 5.74) is 1.13. The molecule has 18 heavy (non-hydrogen) atoms. The first kappa shape index (κ1) is 13.7. The standard InChI is InChI=1S/C14H23N3S/c1-11(2)15-9-13-5-4-6-14(16-13)17-7-8-18-12(3)10-17/h4-6,11-12,15H,7-10H2,1-3H3. The van der Waals surface area contributed by atoms with E-state index >= 15 is 0 Å². The zero-order chi connectivity index (χ0) is 13.0. The van der Waals surface area contributed by atoms with Crippen LogP contribution in [-0.4, -0.2) is 35.1 Å². The van der Waals surface area contributed by atoms with Gasteiger partial charge < -0.3 is 10.2 Å². The summed E-state index contributed by atoms with van der Waals surface area (Å²) in [6.45, 7) is 9.69. The van der Waals surface area contributed by atoms with E-state index < -0.39 is 0 Å². The van der Waals surface area contributed by atoms with Crippen molar-refractivity contribution in [2.75, 3.05) is 23.7 Å². The molecular weight excluding hydrogens is 242 g/mol. The molecule has 1 aromatic rings. The maximum atomic E-state index is 4.76. The molecule has 0 spiro atoms. The Morgan fingerprint density at radius 1 is 1.50 bits per heavy atom. The molecule has 4 heteroatoms. The Balaban J connectivity index is 2.02. The number of nitrogens with zero attached hydrogens (tertiary/aromatic N) is 2. The monoisotopic (exact) mass is 265 g/mol. The molecule has 0 aliphatic carbocycles. The largest absolute Gasteiger partial charge is 0.355 e. The predicted octanol–water partition coefficient (Wildman–Crippen LogP) is 2.52. The summed E-state index contributed by atoms with van der Waals surface area (Å²) in [5, 5.41) is 4.12. The van der Waals surface area contributed by atoms with Crippen LogP contribution in [0.2, 0.25) is 0 Å². The highest BCUT2D eigenvalue weighted by Crippen LogP contribution is 2.22. The molecule has 1 aliphatic heterocycles. The molecule has 0 bridgehead atoms. The van der Waals surface area contributed by atoms with Crippen molar-refractivity contribution in [3.8, 4) is 0 Å². The van der Waals surface area contributed by atoms with E-state index in [-0.39, 0.29) is 0 Å². The zero-order valence-corrected chi connectivity index (χ0v) is 12.3. The van der Waals surface area contributed by atoms with Crippen molar-refractivity contribution in [1.82, 2.24) is 10.3 Å². The fraction of sp³-hybridized carbons (Fsp3) is 0.643. The van der Waals surface area contributed by atoms with Crippen molar-refractivity contribution < 1.29 is 0 Å². The van der Waals surface area contributed by atoms with Crippen molar-refractivity contribution in [3.63, 3.8) is 0 Å². The summed E-state index contributed by atoms with van der Waals surface area (Å²) < 4.78 is 0. The molecule has 0 saturated carbocycles. The minimum atomic E-state index is 0.502. The molecule has 1 fully saturated rings. The first-order valence-electron chi connectivity index (χ1n) is 6.71. The van der Waals surface area contributed by atoms with Crippen molar-refractivity contribution >= 4 is 17.6 Å². The lowest BCUT2D eigenvalue weighted by Crippen LogP contribution is -2.37. The smallest absolute Gasteiger partial charge is 0.128 e. The fourth-order valence-corrected chi connectivity index (χ4v) is 3.09. The molecule has 0 amide bonds. The molecule has 100 valence electrons. The topological polar surface area (TPSA) is 28.2 Å². The molecule has 1 unspecified atom stereocenters. The predicted molar refractivity (Wildman–Crippen MR) is 80.3 cm³/mol. The Hall–Kier alpha value is -0.740. The van der Waals surface area contributed by atoms with Gasteiger partial charge in [0.25, 0.3) is 0 Å². The van der Waals surface area contributed by atoms with Gasteiger partial charge >= 0.3 is 0 Å². The summed E-state index contributed by atoms with van der Waals surface area (Å²) in [7, 11) is 0. The number of anilines is 1. The van der Waals surface area contributed by atoms with Crippen LogP contribution in [-0.2, 0) is 6.54 Å². The summed E-state index contributed by atoms with van der Waals surface area (Å²) in [6, 6.07) is 6.84. The molecule has 1 atom stereocenters. The average molecular weight is 265 g/mol. The third-order valence-electron chi connectivity index (χ3n) is 3.05. The second-order valence-electron chi connectivity index (χ2n) is 5.15. The Labute approximate surface area is 114 Å². The molecule has 2 rings (SSSR count). The molecule has 1 aliphatic rings. The van der Waals surface area contributed by atoms with E-state index in [1.807, 2.05) is 0 Å². The number of nitrogens with one attached hydrogen (secondary N) is 1. The van der Waals surface area contributed by atoms with Gasteiger partial charge in [-0.3, -0.25) is 0 Å². The van der Waals surface area contributed by atoms with Gasteiger partial charge in [0.15, 0.2) is 0 Å². The van der Waals surface area contributed by atoms with E-state index in [0.29, 0.717) is 11.3 Å². The van der Waals surface area contributed by atoms with Crippen LogP contribution in [0.25, 0.3) is 0 Å². The first-order chi connectivity index (χ1) is 8.65. The van der Waals surface area contributed by atoms with Crippen LogP contribution in [0.5, 0.6) is 0 Å². The highest BCUT2D eigenvalue weighted by atomic mass is 32.2. The summed E-state index contributed by atoms with van der Waals surface area (Å²) in [5.74, 6) is 2.34. The van der Waals surface area contributed by atoms with Gasteiger partial charge in [0.2, 0.25) is 0 Å². The highest BCUT2D eigenvalue weighted by Gasteiger charge is 2.17. The first-order valence-corrected chi connectivity index (χ1v) is 7.76. The van der Waals surface area contributed by atoms with Crippen molar-refractivity contribution in [3.05, 3.63) is 23.9 Å². The van der Waals surface area contributed by atoms with Crippen molar-refractivity contribution in [2.45, 2.75) is 38.6 Å². The van der Waals surface area contributed by atoms with E-state index in [4.69, 9.17) is 4.98 Å². The second kappa shape index (κ2) is 6.43. The average Bonchev–Trinajstić information content (AvgIpc) is 2.37. The van der Waals surface area contributed by atoms with Crippen LogP contribution < -0.4 is 10.2 Å². The van der Waals surface area contributed by atoms with Gasteiger partial charge in [0.05, 0.1) is 5.69 Å². The third-order valence-corrected chi connectivity index (χ3v) is 4.18. The SMILES string of the molecule is CC(C)NCc1cccc(N2CCSC(C)C2)n1. The molecule has 1 aromatic heterocycles. The molecule has 3 nitrogen and oxygen atoms in total. The van der Waals surface area contributed by atoms with Crippen molar-refractivity contribution in [1.29, 1.82) is 0 Å². The van der Waals surface area contributed by atoms with Gasteiger partial charge in [0.1, 0.15) is 5.82 Å². The van der Waals surface area contributed by atoms with Gasteiger partial charge in [-0.05, 0) is 12.1 Å². The van der Waals surface area contributed by atoms with E-state index in [2.05, 4.69) is 60.9 Å². The second-order valence-corrected chi connectivity index (χ2v) is 6.70. The van der Waals surface area contributed by atoms with E-state index in [1.165, 1.54) is 5.75 Å². The van der Waals surface area contributed by atoms with Crippen LogP contribution in [0.3, 0.4) is 0 Å². The van der Waals surface area contributed by atoms with Crippen LogP contribution >= 0.6 is 11.8 Å². The summed E-state index contributed by atoms with van der Waals surface area (Å²) in [4.78, 5) is 7.16. The molecule has 0 aromatic carbocycles. The number of thioether (sulfide) groups is 1. The van der Waals surface area contributed by atoms with E-state index in [9.17, 15) is 0 Å². The molecule has 1 N–H and O–H groups in total. The highest BCUT2D eigenvalue weighted by molar-refractivity contribution is 8.00. The number of aromatic nitrogens is 1.